The summed E-state index contributed by atoms with van der Waals surface area (Å²) in [5, 5.41) is 6.07. The van der Waals surface area contributed by atoms with Gasteiger partial charge in [0.2, 0.25) is 5.91 Å². The van der Waals surface area contributed by atoms with Crippen molar-refractivity contribution < 1.29 is 14.3 Å². The molecule has 29 heavy (non-hydrogen) atoms. The maximum absolute atomic E-state index is 13.2. The standard InChI is InChI=1S/C22H26ClN3O3/c1-4-10-29-21-18(11-16(23)12-20(21)24-14(2)27)22(28)25-19-7-5-6-15-13-26(3)9-8-17(15)19/h5-7,11-12H,4,8-10,13H2,1-3H3,(H,24,27)(H,25,28). The number of hydrogen-bond donors (Lipinski definition) is 2. The number of ether oxygens (including phenoxy) is 1. The number of nitrogens with one attached hydrogen (secondary N) is 2. The highest BCUT2D eigenvalue weighted by Crippen LogP contribution is 2.34. The second-order valence-electron chi connectivity index (χ2n) is 7.24. The van der Waals surface area contributed by atoms with Gasteiger partial charge in [-0.05, 0) is 49.2 Å². The summed E-state index contributed by atoms with van der Waals surface area (Å²) in [6, 6.07) is 9.10. The zero-order chi connectivity index (χ0) is 21.0. The molecule has 0 aliphatic carbocycles. The predicted molar refractivity (Wildman–Crippen MR) is 116 cm³/mol. The molecule has 6 nitrogen and oxygen atoms in total. The summed E-state index contributed by atoms with van der Waals surface area (Å²) < 4.78 is 5.82. The Labute approximate surface area is 176 Å². The number of halogens is 1. The lowest BCUT2D eigenvalue weighted by Crippen LogP contribution is -2.27. The Morgan fingerprint density at radius 1 is 1.21 bits per heavy atom. The zero-order valence-corrected chi connectivity index (χ0v) is 17.7. The molecule has 0 aromatic heterocycles. The predicted octanol–water partition coefficient (Wildman–Crippen LogP) is 4.33. The van der Waals surface area contributed by atoms with Crippen LogP contribution < -0.4 is 15.4 Å². The number of likely N-dealkylation sites (N-methyl/N-ethyl adjacent to an activating group) is 1. The number of amides is 2. The first-order valence-electron chi connectivity index (χ1n) is 9.73. The van der Waals surface area contributed by atoms with Gasteiger partial charge in [0, 0.05) is 30.7 Å². The fourth-order valence-corrected chi connectivity index (χ4v) is 3.68. The van der Waals surface area contributed by atoms with Crippen LogP contribution in [0.25, 0.3) is 0 Å². The molecule has 3 rings (SSSR count). The second-order valence-corrected chi connectivity index (χ2v) is 7.68. The quantitative estimate of drug-likeness (QED) is 0.736. The Kier molecular flexibility index (Phi) is 6.77. The summed E-state index contributed by atoms with van der Waals surface area (Å²) in [6.07, 6.45) is 1.64. The van der Waals surface area contributed by atoms with Crippen LogP contribution in [-0.2, 0) is 17.8 Å². The fraction of sp³-hybridized carbons (Fsp3) is 0.364. The van der Waals surface area contributed by atoms with Crippen LogP contribution in [0.15, 0.2) is 30.3 Å². The third-order valence-corrected chi connectivity index (χ3v) is 4.98. The van der Waals surface area contributed by atoms with Crippen molar-refractivity contribution in [1.29, 1.82) is 0 Å². The normalized spacial score (nSPS) is 13.5. The number of carbonyl (C=O) groups is 2. The molecule has 0 bridgehead atoms. The van der Waals surface area contributed by atoms with Gasteiger partial charge in [-0.1, -0.05) is 30.7 Å². The highest BCUT2D eigenvalue weighted by Gasteiger charge is 2.22. The lowest BCUT2D eigenvalue weighted by molar-refractivity contribution is -0.114. The minimum Gasteiger partial charge on any atom is -0.491 e. The van der Waals surface area contributed by atoms with Gasteiger partial charge < -0.3 is 20.3 Å². The van der Waals surface area contributed by atoms with Crippen molar-refractivity contribution in [2.45, 2.75) is 33.2 Å². The topological polar surface area (TPSA) is 70.7 Å². The highest BCUT2D eigenvalue weighted by molar-refractivity contribution is 6.31. The van der Waals surface area contributed by atoms with Gasteiger partial charge in [-0.2, -0.15) is 0 Å². The summed E-state index contributed by atoms with van der Waals surface area (Å²) in [7, 11) is 2.08. The minimum absolute atomic E-state index is 0.263. The summed E-state index contributed by atoms with van der Waals surface area (Å²) in [5.41, 5.74) is 3.84. The van der Waals surface area contributed by atoms with Crippen molar-refractivity contribution >= 4 is 34.8 Å². The van der Waals surface area contributed by atoms with Gasteiger partial charge in [0.15, 0.2) is 5.75 Å². The minimum atomic E-state index is -0.322. The summed E-state index contributed by atoms with van der Waals surface area (Å²) in [6.45, 7) is 5.59. The maximum atomic E-state index is 13.2. The van der Waals surface area contributed by atoms with E-state index in [0.717, 1.165) is 37.2 Å². The molecule has 1 heterocycles. The molecule has 2 aromatic carbocycles. The molecule has 2 aromatic rings. The first kappa shape index (κ1) is 21.1. The SMILES string of the molecule is CCCOc1c(NC(C)=O)cc(Cl)cc1C(=O)Nc1cccc2c1CCN(C)C2. The lowest BCUT2D eigenvalue weighted by Gasteiger charge is -2.27. The van der Waals surface area contributed by atoms with E-state index in [2.05, 4.69) is 28.6 Å². The molecule has 0 saturated heterocycles. The van der Waals surface area contributed by atoms with Crippen LogP contribution in [0.3, 0.4) is 0 Å². The van der Waals surface area contributed by atoms with Gasteiger partial charge >= 0.3 is 0 Å². The Balaban J connectivity index is 1.96. The van der Waals surface area contributed by atoms with E-state index in [1.165, 1.54) is 12.5 Å². The van der Waals surface area contributed by atoms with Crippen LogP contribution in [0.5, 0.6) is 5.75 Å². The van der Waals surface area contributed by atoms with Crippen LogP contribution in [0, 0.1) is 0 Å². The molecule has 7 heteroatoms. The highest BCUT2D eigenvalue weighted by atomic mass is 35.5. The molecule has 1 aliphatic rings. The maximum Gasteiger partial charge on any atom is 0.259 e. The molecule has 0 spiro atoms. The van der Waals surface area contributed by atoms with E-state index in [0.29, 0.717) is 28.6 Å². The molecule has 0 fully saturated rings. The van der Waals surface area contributed by atoms with E-state index < -0.39 is 0 Å². The van der Waals surface area contributed by atoms with E-state index in [9.17, 15) is 9.59 Å². The monoisotopic (exact) mass is 415 g/mol. The molecule has 154 valence electrons. The number of nitrogens with zero attached hydrogens (tertiary/aromatic N) is 1. The van der Waals surface area contributed by atoms with Crippen molar-refractivity contribution in [2.75, 3.05) is 30.8 Å². The van der Waals surface area contributed by atoms with Gasteiger partial charge in [-0.15, -0.1) is 0 Å². The van der Waals surface area contributed by atoms with Crippen molar-refractivity contribution in [3.8, 4) is 5.75 Å². The third-order valence-electron chi connectivity index (χ3n) is 4.76. The molecule has 1 aliphatic heterocycles. The van der Waals surface area contributed by atoms with Crippen molar-refractivity contribution in [2.24, 2.45) is 0 Å². The molecule has 0 radical (unpaired) electrons. The molecule has 0 unspecified atom stereocenters. The van der Waals surface area contributed by atoms with Crippen LogP contribution in [0.1, 0.15) is 41.8 Å². The molecule has 0 atom stereocenters. The Morgan fingerprint density at radius 3 is 2.72 bits per heavy atom. The average Bonchev–Trinajstić information content (AvgIpc) is 2.66. The number of carbonyl (C=O) groups excluding carboxylic acids is 2. The Morgan fingerprint density at radius 2 is 2.00 bits per heavy atom. The Bertz CT molecular complexity index is 930. The molecule has 2 amide bonds. The van der Waals surface area contributed by atoms with Gasteiger partial charge in [0.25, 0.3) is 5.91 Å². The first-order valence-corrected chi connectivity index (χ1v) is 10.1. The largest absolute Gasteiger partial charge is 0.491 e. The average molecular weight is 416 g/mol. The number of fused-ring (bicyclic) bond motifs is 1. The van der Waals surface area contributed by atoms with Crippen molar-refractivity contribution in [1.82, 2.24) is 4.90 Å². The summed E-state index contributed by atoms with van der Waals surface area (Å²) in [4.78, 5) is 27.0. The first-order chi connectivity index (χ1) is 13.9. The van der Waals surface area contributed by atoms with Gasteiger partial charge in [-0.25, -0.2) is 0 Å². The van der Waals surface area contributed by atoms with Crippen molar-refractivity contribution in [3.63, 3.8) is 0 Å². The van der Waals surface area contributed by atoms with E-state index >= 15 is 0 Å². The molecule has 2 N–H and O–H groups in total. The molecule has 0 saturated carbocycles. The number of benzene rings is 2. The van der Waals surface area contributed by atoms with Crippen molar-refractivity contribution in [3.05, 3.63) is 52.0 Å². The Hall–Kier alpha value is -2.57. The lowest BCUT2D eigenvalue weighted by atomic mass is 9.98. The van der Waals surface area contributed by atoms with Crippen LogP contribution >= 0.6 is 11.6 Å². The van der Waals surface area contributed by atoms with E-state index in [4.69, 9.17) is 16.3 Å². The van der Waals surface area contributed by atoms with Gasteiger partial charge in [0.1, 0.15) is 0 Å². The summed E-state index contributed by atoms with van der Waals surface area (Å²) in [5.74, 6) is -0.257. The van der Waals surface area contributed by atoms with Crippen LogP contribution in [-0.4, -0.2) is 36.9 Å². The molecular weight excluding hydrogens is 390 g/mol. The van der Waals surface area contributed by atoms with Crippen LogP contribution in [0.4, 0.5) is 11.4 Å². The number of hydrogen-bond acceptors (Lipinski definition) is 4. The van der Waals surface area contributed by atoms with E-state index in [1.807, 2.05) is 19.1 Å². The summed E-state index contributed by atoms with van der Waals surface area (Å²) >= 11 is 6.23. The van der Waals surface area contributed by atoms with E-state index in [1.54, 1.807) is 12.1 Å². The molecular formula is C22H26ClN3O3. The zero-order valence-electron chi connectivity index (χ0n) is 17.0. The van der Waals surface area contributed by atoms with Gasteiger partial charge in [0.05, 0.1) is 17.9 Å². The second kappa shape index (κ2) is 9.29. The fourth-order valence-electron chi connectivity index (χ4n) is 3.46. The van der Waals surface area contributed by atoms with Crippen LogP contribution in [0.2, 0.25) is 5.02 Å². The third kappa shape index (κ3) is 5.08. The number of rotatable bonds is 6. The van der Waals surface area contributed by atoms with E-state index in [-0.39, 0.29) is 11.8 Å². The number of anilines is 2. The van der Waals surface area contributed by atoms with Gasteiger partial charge in [-0.3, -0.25) is 9.59 Å². The smallest absolute Gasteiger partial charge is 0.259 e.